The van der Waals surface area contributed by atoms with Crippen molar-refractivity contribution in [1.82, 2.24) is 4.57 Å². The Hall–Kier alpha value is -1.77. The van der Waals surface area contributed by atoms with E-state index in [4.69, 9.17) is 0 Å². The van der Waals surface area contributed by atoms with Gasteiger partial charge in [-0.3, -0.25) is 0 Å². The molecule has 18 heavy (non-hydrogen) atoms. The van der Waals surface area contributed by atoms with E-state index in [1.165, 1.54) is 5.69 Å². The third kappa shape index (κ3) is 1.90. The highest BCUT2D eigenvalue weighted by molar-refractivity contribution is 6.05. The van der Waals surface area contributed by atoms with Crippen molar-refractivity contribution in [3.8, 4) is 0 Å². The largest absolute Gasteiger partial charge is 0.478 e. The van der Waals surface area contributed by atoms with E-state index in [2.05, 4.69) is 18.4 Å². The molecular weight excluding hydrogens is 226 g/mol. The molecule has 0 spiro atoms. The number of nitrogens with zero attached hydrogens (tertiary/aromatic N) is 1. The maximum atomic E-state index is 11.3. The first-order valence-electron chi connectivity index (χ1n) is 6.39. The number of carboxylic acid groups (broad SMARTS) is 1. The second kappa shape index (κ2) is 4.84. The van der Waals surface area contributed by atoms with Crippen LogP contribution < -0.4 is 0 Å². The summed E-state index contributed by atoms with van der Waals surface area (Å²) in [5.74, 6) is -0.851. The predicted molar refractivity (Wildman–Crippen MR) is 73.3 cm³/mol. The first-order valence-corrected chi connectivity index (χ1v) is 6.39. The van der Waals surface area contributed by atoms with Crippen molar-refractivity contribution in [2.75, 3.05) is 0 Å². The van der Waals surface area contributed by atoms with Gasteiger partial charge in [0.1, 0.15) is 0 Å². The number of aromatic nitrogens is 1. The van der Waals surface area contributed by atoms with Crippen LogP contribution in [0.3, 0.4) is 0 Å². The summed E-state index contributed by atoms with van der Waals surface area (Å²) < 4.78 is 2.24. The molecule has 1 aromatic carbocycles. The highest BCUT2D eigenvalue weighted by Gasteiger charge is 2.16. The molecule has 2 rings (SSSR count). The third-order valence-electron chi connectivity index (χ3n) is 3.62. The lowest BCUT2D eigenvalue weighted by atomic mass is 10.1. The summed E-state index contributed by atoms with van der Waals surface area (Å²) in [7, 11) is 0. The Morgan fingerprint density at radius 1 is 1.33 bits per heavy atom. The van der Waals surface area contributed by atoms with Gasteiger partial charge in [0.15, 0.2) is 0 Å². The van der Waals surface area contributed by atoms with Crippen molar-refractivity contribution in [3.05, 3.63) is 35.0 Å². The molecule has 1 N–H and O–H groups in total. The number of unbranched alkanes of at least 4 members (excludes halogenated alkanes) is 1. The van der Waals surface area contributed by atoms with Crippen LogP contribution in [0.2, 0.25) is 0 Å². The van der Waals surface area contributed by atoms with Crippen molar-refractivity contribution in [1.29, 1.82) is 0 Å². The monoisotopic (exact) mass is 245 g/mol. The zero-order valence-electron chi connectivity index (χ0n) is 11.2. The Bertz CT molecular complexity index is 596. The molecule has 0 unspecified atom stereocenters. The van der Waals surface area contributed by atoms with Crippen molar-refractivity contribution in [2.45, 2.75) is 40.2 Å². The quantitative estimate of drug-likeness (QED) is 0.891. The van der Waals surface area contributed by atoms with Gasteiger partial charge >= 0.3 is 5.97 Å². The number of aryl methyl sites for hydroxylation is 2. The predicted octanol–water partition coefficient (Wildman–Crippen LogP) is 3.76. The van der Waals surface area contributed by atoms with Gasteiger partial charge < -0.3 is 9.67 Å². The molecule has 1 aromatic heterocycles. The van der Waals surface area contributed by atoms with Crippen LogP contribution in [0.5, 0.6) is 0 Å². The summed E-state index contributed by atoms with van der Waals surface area (Å²) >= 11 is 0. The lowest BCUT2D eigenvalue weighted by Gasteiger charge is -2.07. The fourth-order valence-corrected chi connectivity index (χ4v) is 2.51. The highest BCUT2D eigenvalue weighted by atomic mass is 16.4. The number of benzene rings is 1. The van der Waals surface area contributed by atoms with Gasteiger partial charge in [0.25, 0.3) is 0 Å². The molecule has 0 amide bonds. The van der Waals surface area contributed by atoms with E-state index in [0.29, 0.717) is 5.56 Å². The van der Waals surface area contributed by atoms with Crippen molar-refractivity contribution in [3.63, 3.8) is 0 Å². The van der Waals surface area contributed by atoms with Crippen LogP contribution in [-0.4, -0.2) is 15.6 Å². The SMILES string of the molecule is CCCCn1c(C)c(C)c2c(C(=O)O)cccc21. The first-order chi connectivity index (χ1) is 8.57. The Balaban J connectivity index is 2.71. The minimum absolute atomic E-state index is 0.406. The van der Waals surface area contributed by atoms with Crippen molar-refractivity contribution >= 4 is 16.9 Å². The zero-order valence-corrected chi connectivity index (χ0v) is 11.2. The Morgan fingerprint density at radius 2 is 2.06 bits per heavy atom. The highest BCUT2D eigenvalue weighted by Crippen LogP contribution is 2.28. The van der Waals surface area contributed by atoms with Gasteiger partial charge in [0, 0.05) is 23.1 Å². The number of hydrogen-bond acceptors (Lipinski definition) is 1. The van der Waals surface area contributed by atoms with Crippen LogP contribution in [0, 0.1) is 13.8 Å². The summed E-state index contributed by atoms with van der Waals surface area (Å²) in [4.78, 5) is 11.3. The number of carbonyl (C=O) groups is 1. The molecule has 0 aliphatic rings. The van der Waals surface area contributed by atoms with Gasteiger partial charge in [0.05, 0.1) is 5.56 Å². The lowest BCUT2D eigenvalue weighted by molar-refractivity contribution is 0.0699. The topological polar surface area (TPSA) is 42.2 Å². The van der Waals surface area contributed by atoms with E-state index in [9.17, 15) is 9.90 Å². The Morgan fingerprint density at radius 3 is 2.67 bits per heavy atom. The maximum absolute atomic E-state index is 11.3. The number of rotatable bonds is 4. The molecular formula is C15H19NO2. The molecule has 0 saturated heterocycles. The summed E-state index contributed by atoms with van der Waals surface area (Å²) in [6.07, 6.45) is 2.25. The van der Waals surface area contributed by atoms with E-state index in [1.54, 1.807) is 6.07 Å². The van der Waals surface area contributed by atoms with Gasteiger partial charge in [-0.1, -0.05) is 19.4 Å². The third-order valence-corrected chi connectivity index (χ3v) is 3.62. The fraction of sp³-hybridized carbons (Fsp3) is 0.400. The smallest absolute Gasteiger partial charge is 0.336 e. The van der Waals surface area contributed by atoms with E-state index < -0.39 is 5.97 Å². The van der Waals surface area contributed by atoms with Crippen LogP contribution in [0.1, 0.15) is 41.4 Å². The van der Waals surface area contributed by atoms with Gasteiger partial charge in [-0.15, -0.1) is 0 Å². The van der Waals surface area contributed by atoms with Gasteiger partial charge in [-0.2, -0.15) is 0 Å². The average Bonchev–Trinajstić information content (AvgIpc) is 2.60. The minimum atomic E-state index is -0.851. The van der Waals surface area contributed by atoms with E-state index >= 15 is 0 Å². The van der Waals surface area contributed by atoms with Crippen molar-refractivity contribution < 1.29 is 9.90 Å². The van der Waals surface area contributed by atoms with Crippen LogP contribution in [0.4, 0.5) is 0 Å². The molecule has 0 aliphatic carbocycles. The van der Waals surface area contributed by atoms with Crippen LogP contribution in [0.15, 0.2) is 18.2 Å². The zero-order chi connectivity index (χ0) is 13.3. The molecule has 0 fully saturated rings. The summed E-state index contributed by atoms with van der Waals surface area (Å²) in [5, 5.41) is 10.2. The average molecular weight is 245 g/mol. The van der Waals surface area contributed by atoms with E-state index in [1.807, 2.05) is 19.1 Å². The standard InChI is InChI=1S/C15H19NO2/c1-4-5-9-16-11(3)10(2)14-12(15(17)18)7-6-8-13(14)16/h6-8H,4-5,9H2,1-3H3,(H,17,18). The van der Waals surface area contributed by atoms with Crippen LogP contribution in [0.25, 0.3) is 10.9 Å². The molecule has 0 bridgehead atoms. The normalized spacial score (nSPS) is 11.1. The number of hydrogen-bond donors (Lipinski definition) is 1. The van der Waals surface area contributed by atoms with E-state index in [0.717, 1.165) is 35.9 Å². The minimum Gasteiger partial charge on any atom is -0.478 e. The Labute approximate surface area is 107 Å². The molecule has 0 radical (unpaired) electrons. The summed E-state index contributed by atoms with van der Waals surface area (Å²) in [5.41, 5.74) is 3.70. The molecule has 0 atom stereocenters. The molecule has 2 aromatic rings. The van der Waals surface area contributed by atoms with Gasteiger partial charge in [-0.25, -0.2) is 4.79 Å². The van der Waals surface area contributed by atoms with Crippen molar-refractivity contribution in [2.24, 2.45) is 0 Å². The number of carboxylic acids is 1. The Kier molecular flexibility index (Phi) is 3.41. The second-order valence-corrected chi connectivity index (χ2v) is 4.72. The number of fused-ring (bicyclic) bond motifs is 1. The second-order valence-electron chi connectivity index (χ2n) is 4.72. The van der Waals surface area contributed by atoms with Crippen LogP contribution in [-0.2, 0) is 6.54 Å². The van der Waals surface area contributed by atoms with Crippen LogP contribution >= 0.6 is 0 Å². The first kappa shape index (κ1) is 12.7. The van der Waals surface area contributed by atoms with Gasteiger partial charge in [0.2, 0.25) is 0 Å². The summed E-state index contributed by atoms with van der Waals surface area (Å²) in [6.45, 7) is 7.19. The molecule has 0 aliphatic heterocycles. The molecule has 96 valence electrons. The maximum Gasteiger partial charge on any atom is 0.336 e. The molecule has 3 nitrogen and oxygen atoms in total. The lowest BCUT2D eigenvalue weighted by Crippen LogP contribution is -2.00. The summed E-state index contributed by atoms with van der Waals surface area (Å²) in [6, 6.07) is 5.52. The molecule has 0 saturated carbocycles. The fourth-order valence-electron chi connectivity index (χ4n) is 2.51. The molecule has 3 heteroatoms. The van der Waals surface area contributed by atoms with Gasteiger partial charge in [-0.05, 0) is 38.0 Å². The van der Waals surface area contributed by atoms with E-state index in [-0.39, 0.29) is 0 Å². The molecule has 1 heterocycles. The number of aromatic carboxylic acids is 1.